The van der Waals surface area contributed by atoms with Gasteiger partial charge in [0.1, 0.15) is 0 Å². The molecular formula is C14H13ClNO+. The summed E-state index contributed by atoms with van der Waals surface area (Å²) in [5.74, 6) is -0.0126. The van der Waals surface area contributed by atoms with Crippen LogP contribution >= 0.6 is 11.6 Å². The molecule has 2 aromatic rings. The van der Waals surface area contributed by atoms with E-state index in [2.05, 4.69) is 12.1 Å². The van der Waals surface area contributed by atoms with Gasteiger partial charge in [0.25, 0.3) is 0 Å². The first-order valence-corrected chi connectivity index (χ1v) is 5.95. The number of halogens is 1. The highest BCUT2D eigenvalue weighted by Gasteiger charge is 2.07. The summed E-state index contributed by atoms with van der Waals surface area (Å²) in [6, 6.07) is 13.8. The molecule has 2 rings (SSSR count). The Hall–Kier alpha value is -1.67. The number of Topliss-reactive ketones (excluding diaryl/α,β-unsaturated/α-hetero) is 1. The molecule has 0 bridgehead atoms. The predicted molar refractivity (Wildman–Crippen MR) is 67.2 cm³/mol. The minimum atomic E-state index is -0.0430. The highest BCUT2D eigenvalue weighted by molar-refractivity contribution is 6.30. The van der Waals surface area contributed by atoms with Gasteiger partial charge in [-0.3, -0.25) is 4.79 Å². The molecule has 0 saturated heterocycles. The Bertz CT molecular complexity index is 493. The van der Waals surface area contributed by atoms with E-state index in [0.29, 0.717) is 5.56 Å². The number of aromatic nitrogens is 1. The van der Waals surface area contributed by atoms with Gasteiger partial charge in [0.15, 0.2) is 24.7 Å². The van der Waals surface area contributed by atoms with E-state index in [-0.39, 0.29) is 11.7 Å². The van der Waals surface area contributed by atoms with Crippen molar-refractivity contribution < 1.29 is 9.36 Å². The first-order valence-electron chi connectivity index (χ1n) is 5.42. The van der Waals surface area contributed by atoms with Crippen molar-refractivity contribution in [3.63, 3.8) is 0 Å². The van der Waals surface area contributed by atoms with Crippen molar-refractivity contribution in [1.29, 1.82) is 0 Å². The summed E-state index contributed by atoms with van der Waals surface area (Å²) in [6.07, 6.45) is 3.79. The number of ketones is 1. The number of nitrogens with zero attached hydrogens (tertiary/aromatic N) is 1. The highest BCUT2D eigenvalue weighted by Crippen LogP contribution is 2.01. The molecule has 3 heteroatoms. The zero-order chi connectivity index (χ0) is 12.1. The third kappa shape index (κ3) is 3.14. The van der Waals surface area contributed by atoms with Crippen LogP contribution in [0.3, 0.4) is 0 Å². The molecule has 0 unspecified atom stereocenters. The Balaban J connectivity index is 2.11. The SMILES string of the molecule is O=C(CCl)c1cc[n+](Cc2ccccc2)cc1. The second-order valence-electron chi connectivity index (χ2n) is 3.80. The van der Waals surface area contributed by atoms with Crippen LogP contribution in [0.4, 0.5) is 0 Å². The van der Waals surface area contributed by atoms with Gasteiger partial charge in [0.05, 0.1) is 5.88 Å². The van der Waals surface area contributed by atoms with Crippen LogP contribution in [0.5, 0.6) is 0 Å². The van der Waals surface area contributed by atoms with Gasteiger partial charge >= 0.3 is 0 Å². The van der Waals surface area contributed by atoms with E-state index >= 15 is 0 Å². The minimum absolute atomic E-state index is 0.0305. The quantitative estimate of drug-likeness (QED) is 0.461. The normalized spacial score (nSPS) is 10.2. The molecular weight excluding hydrogens is 234 g/mol. The maximum atomic E-state index is 11.3. The lowest BCUT2D eigenvalue weighted by atomic mass is 10.2. The maximum Gasteiger partial charge on any atom is 0.178 e. The maximum absolute atomic E-state index is 11.3. The second-order valence-corrected chi connectivity index (χ2v) is 4.07. The van der Waals surface area contributed by atoms with Crippen molar-refractivity contribution in [2.45, 2.75) is 6.54 Å². The van der Waals surface area contributed by atoms with Crippen LogP contribution < -0.4 is 4.57 Å². The molecule has 86 valence electrons. The van der Waals surface area contributed by atoms with Gasteiger partial charge in [-0.15, -0.1) is 11.6 Å². The molecule has 0 radical (unpaired) electrons. The van der Waals surface area contributed by atoms with E-state index in [0.717, 1.165) is 6.54 Å². The fraction of sp³-hybridized carbons (Fsp3) is 0.143. The average Bonchev–Trinajstić information content (AvgIpc) is 2.40. The summed E-state index contributed by atoms with van der Waals surface area (Å²) in [7, 11) is 0. The molecule has 0 aliphatic carbocycles. The van der Waals surface area contributed by atoms with Gasteiger partial charge in [-0.25, -0.2) is 4.57 Å². The smallest absolute Gasteiger partial charge is 0.178 e. The number of carbonyl (C=O) groups is 1. The van der Waals surface area contributed by atoms with E-state index in [1.807, 2.05) is 35.2 Å². The summed E-state index contributed by atoms with van der Waals surface area (Å²) < 4.78 is 2.03. The number of rotatable bonds is 4. The standard InChI is InChI=1S/C14H13ClNO/c15-10-14(17)13-6-8-16(9-7-13)11-12-4-2-1-3-5-12/h1-9H,10-11H2/q+1. The Labute approximate surface area is 105 Å². The largest absolute Gasteiger partial charge is 0.293 e. The van der Waals surface area contributed by atoms with Gasteiger partial charge in [0, 0.05) is 23.3 Å². The van der Waals surface area contributed by atoms with E-state index in [1.54, 1.807) is 12.1 Å². The molecule has 1 aromatic heterocycles. The Morgan fingerprint density at radius 3 is 2.29 bits per heavy atom. The second kappa shape index (κ2) is 5.60. The summed E-state index contributed by atoms with van der Waals surface area (Å²) in [5.41, 5.74) is 1.89. The molecule has 0 amide bonds. The number of hydrogen-bond acceptors (Lipinski definition) is 1. The first-order chi connectivity index (χ1) is 8.29. The summed E-state index contributed by atoms with van der Waals surface area (Å²) in [4.78, 5) is 11.3. The van der Waals surface area contributed by atoms with Gasteiger partial charge in [0.2, 0.25) is 0 Å². The zero-order valence-electron chi connectivity index (χ0n) is 9.34. The number of hydrogen-bond donors (Lipinski definition) is 0. The van der Waals surface area contributed by atoms with Gasteiger partial charge in [-0.05, 0) is 0 Å². The monoisotopic (exact) mass is 246 g/mol. The number of benzene rings is 1. The summed E-state index contributed by atoms with van der Waals surface area (Å²) >= 11 is 5.50. The van der Waals surface area contributed by atoms with Gasteiger partial charge < -0.3 is 0 Å². The first kappa shape index (κ1) is 11.8. The summed E-state index contributed by atoms with van der Waals surface area (Å²) in [5, 5.41) is 0. The summed E-state index contributed by atoms with van der Waals surface area (Å²) in [6.45, 7) is 0.802. The number of alkyl halides is 1. The van der Waals surface area contributed by atoms with Crippen LogP contribution in [0.15, 0.2) is 54.9 Å². The highest BCUT2D eigenvalue weighted by atomic mass is 35.5. The van der Waals surface area contributed by atoms with Gasteiger partial charge in [-0.2, -0.15) is 0 Å². The molecule has 0 aliphatic heterocycles. The molecule has 17 heavy (non-hydrogen) atoms. The van der Waals surface area contributed by atoms with E-state index in [4.69, 9.17) is 11.6 Å². The topological polar surface area (TPSA) is 20.9 Å². The molecule has 0 atom stereocenters. The molecule has 0 fully saturated rings. The van der Waals surface area contributed by atoms with E-state index in [1.165, 1.54) is 5.56 Å². The minimum Gasteiger partial charge on any atom is -0.293 e. The zero-order valence-corrected chi connectivity index (χ0v) is 10.1. The van der Waals surface area contributed by atoms with Crippen molar-refractivity contribution in [1.82, 2.24) is 0 Å². The lowest BCUT2D eigenvalue weighted by Gasteiger charge is -1.98. The third-order valence-corrected chi connectivity index (χ3v) is 2.79. The van der Waals surface area contributed by atoms with Crippen LogP contribution in [-0.4, -0.2) is 11.7 Å². The molecule has 1 aromatic carbocycles. The van der Waals surface area contributed by atoms with E-state index < -0.39 is 0 Å². The fourth-order valence-corrected chi connectivity index (χ4v) is 1.77. The Kier molecular flexibility index (Phi) is 3.89. The predicted octanol–water partition coefficient (Wildman–Crippen LogP) is 2.44. The molecule has 0 saturated carbocycles. The Morgan fingerprint density at radius 2 is 1.71 bits per heavy atom. The Morgan fingerprint density at radius 1 is 1.06 bits per heavy atom. The van der Waals surface area contributed by atoms with Crippen LogP contribution in [0.1, 0.15) is 15.9 Å². The average molecular weight is 247 g/mol. The van der Waals surface area contributed by atoms with Crippen molar-refractivity contribution in [2.75, 3.05) is 5.88 Å². The molecule has 0 spiro atoms. The molecule has 1 heterocycles. The van der Waals surface area contributed by atoms with Gasteiger partial charge in [-0.1, -0.05) is 30.3 Å². The molecule has 2 nitrogen and oxygen atoms in total. The molecule has 0 N–H and O–H groups in total. The van der Waals surface area contributed by atoms with E-state index in [9.17, 15) is 4.79 Å². The van der Waals surface area contributed by atoms with Crippen LogP contribution in [0.2, 0.25) is 0 Å². The lowest BCUT2D eigenvalue weighted by Crippen LogP contribution is -2.33. The van der Waals surface area contributed by atoms with Crippen LogP contribution in [-0.2, 0) is 6.54 Å². The number of pyridine rings is 1. The van der Waals surface area contributed by atoms with Crippen molar-refractivity contribution in [2.24, 2.45) is 0 Å². The van der Waals surface area contributed by atoms with Crippen LogP contribution in [0.25, 0.3) is 0 Å². The van der Waals surface area contributed by atoms with Crippen molar-refractivity contribution in [3.8, 4) is 0 Å². The van der Waals surface area contributed by atoms with Crippen molar-refractivity contribution in [3.05, 3.63) is 66.0 Å². The van der Waals surface area contributed by atoms with Crippen molar-refractivity contribution >= 4 is 17.4 Å². The third-order valence-electron chi connectivity index (χ3n) is 2.54. The number of carbonyl (C=O) groups excluding carboxylic acids is 1. The fourth-order valence-electron chi connectivity index (χ4n) is 1.62. The molecule has 0 aliphatic rings. The lowest BCUT2D eigenvalue weighted by molar-refractivity contribution is -0.688. The van der Waals surface area contributed by atoms with Crippen LogP contribution in [0, 0.1) is 0 Å².